The average Bonchev–Trinajstić information content (AvgIpc) is 3.47. The first-order valence-corrected chi connectivity index (χ1v) is 13.0. The number of nitrogens with one attached hydrogen (secondary N) is 1. The zero-order valence-electron chi connectivity index (χ0n) is 22.2. The van der Waals surface area contributed by atoms with Crippen LogP contribution < -0.4 is 19.7 Å². The summed E-state index contributed by atoms with van der Waals surface area (Å²) < 4.78 is 13.2. The maximum absolute atomic E-state index is 13.4. The van der Waals surface area contributed by atoms with E-state index in [4.69, 9.17) is 9.47 Å². The van der Waals surface area contributed by atoms with E-state index >= 15 is 0 Å². The smallest absolute Gasteiger partial charge is 0.269 e. The second-order valence-electron chi connectivity index (χ2n) is 9.21. The van der Waals surface area contributed by atoms with Crippen molar-refractivity contribution in [3.63, 3.8) is 0 Å². The molecule has 3 heterocycles. The lowest BCUT2D eigenvalue weighted by atomic mass is 10.1. The van der Waals surface area contributed by atoms with Crippen LogP contribution in [0.15, 0.2) is 97.2 Å². The Kier molecular flexibility index (Phi) is 7.10. The number of benzene rings is 3. The Bertz CT molecular complexity index is 1670. The van der Waals surface area contributed by atoms with Crippen LogP contribution in [0.4, 0.5) is 11.4 Å². The third-order valence-corrected chi connectivity index (χ3v) is 6.59. The predicted molar refractivity (Wildman–Crippen MR) is 153 cm³/mol. The monoisotopic (exact) mass is 546 g/mol. The number of methoxy groups -OCH3 is 1. The fourth-order valence-corrected chi connectivity index (χ4v) is 4.62. The topological polar surface area (TPSA) is 111 Å². The molecule has 1 N–H and O–H groups in total. The highest BCUT2D eigenvalue weighted by Crippen LogP contribution is 2.33. The molecule has 41 heavy (non-hydrogen) atoms. The molecule has 0 radical (unpaired) electrons. The van der Waals surface area contributed by atoms with Crippen molar-refractivity contribution >= 4 is 23.2 Å². The van der Waals surface area contributed by atoms with E-state index < -0.39 is 0 Å². The van der Waals surface area contributed by atoms with Crippen LogP contribution in [-0.4, -0.2) is 51.8 Å². The van der Waals surface area contributed by atoms with Crippen LogP contribution in [0.2, 0.25) is 0 Å². The van der Waals surface area contributed by atoms with Gasteiger partial charge in [-0.3, -0.25) is 19.2 Å². The van der Waals surface area contributed by atoms with E-state index in [2.05, 4.69) is 20.4 Å². The SMILES string of the molecule is COc1cc(-c2nccc(-c3cc4n(n3)CCNC4=O)n2)ccc1OCC(=O)N(c1ccccc1)c1ccccc1. The van der Waals surface area contributed by atoms with Crippen molar-refractivity contribution in [2.75, 3.05) is 25.2 Å². The number of aromatic nitrogens is 4. The van der Waals surface area contributed by atoms with Crippen LogP contribution in [0.1, 0.15) is 10.5 Å². The van der Waals surface area contributed by atoms with E-state index in [0.717, 1.165) is 11.4 Å². The first-order chi connectivity index (χ1) is 20.1. The Morgan fingerprint density at radius 2 is 1.66 bits per heavy atom. The van der Waals surface area contributed by atoms with Gasteiger partial charge in [-0.2, -0.15) is 5.10 Å². The summed E-state index contributed by atoms with van der Waals surface area (Å²) in [6.45, 7) is 0.941. The fourth-order valence-electron chi connectivity index (χ4n) is 4.62. The largest absolute Gasteiger partial charge is 0.493 e. The van der Waals surface area contributed by atoms with Crippen LogP contribution in [0, 0.1) is 0 Å². The Morgan fingerprint density at radius 1 is 0.927 bits per heavy atom. The molecule has 5 aromatic rings. The summed E-state index contributed by atoms with van der Waals surface area (Å²) in [7, 11) is 1.53. The highest BCUT2D eigenvalue weighted by atomic mass is 16.5. The summed E-state index contributed by atoms with van der Waals surface area (Å²) in [5.41, 5.74) is 3.86. The van der Waals surface area contributed by atoms with Gasteiger partial charge in [0.15, 0.2) is 23.9 Å². The van der Waals surface area contributed by atoms with Crippen molar-refractivity contribution in [2.45, 2.75) is 6.54 Å². The van der Waals surface area contributed by atoms with E-state index in [9.17, 15) is 9.59 Å². The quantitative estimate of drug-likeness (QED) is 0.305. The Labute approximate surface area is 236 Å². The van der Waals surface area contributed by atoms with Gasteiger partial charge < -0.3 is 14.8 Å². The number of hydrogen-bond acceptors (Lipinski definition) is 7. The van der Waals surface area contributed by atoms with Gasteiger partial charge in [-0.25, -0.2) is 9.97 Å². The zero-order chi connectivity index (χ0) is 28.2. The molecular formula is C31H26N6O4. The van der Waals surface area contributed by atoms with Crippen molar-refractivity contribution < 1.29 is 19.1 Å². The van der Waals surface area contributed by atoms with Gasteiger partial charge in [-0.1, -0.05) is 36.4 Å². The predicted octanol–water partition coefficient (Wildman–Crippen LogP) is 4.50. The summed E-state index contributed by atoms with van der Waals surface area (Å²) in [5.74, 6) is 0.914. The number of carbonyl (C=O) groups excluding carboxylic acids is 2. The molecule has 2 aromatic heterocycles. The number of ether oxygens (including phenoxy) is 2. The minimum atomic E-state index is -0.235. The van der Waals surface area contributed by atoms with Crippen molar-refractivity contribution in [1.82, 2.24) is 25.1 Å². The summed E-state index contributed by atoms with van der Waals surface area (Å²) in [6, 6.07) is 27.6. The Morgan fingerprint density at radius 3 is 2.34 bits per heavy atom. The van der Waals surface area contributed by atoms with Crippen LogP contribution in [0.3, 0.4) is 0 Å². The molecule has 0 saturated heterocycles. The van der Waals surface area contributed by atoms with Crippen molar-refractivity contribution in [3.8, 4) is 34.3 Å². The molecule has 204 valence electrons. The number of carbonyl (C=O) groups is 2. The molecule has 0 bridgehead atoms. The van der Waals surface area contributed by atoms with E-state index in [1.54, 1.807) is 46.1 Å². The third kappa shape index (κ3) is 5.35. The van der Waals surface area contributed by atoms with Gasteiger partial charge in [-0.05, 0) is 54.6 Å². The van der Waals surface area contributed by atoms with Crippen LogP contribution in [-0.2, 0) is 11.3 Å². The number of fused-ring (bicyclic) bond motifs is 1. The van der Waals surface area contributed by atoms with Gasteiger partial charge in [0.05, 0.1) is 19.3 Å². The molecule has 0 fully saturated rings. The maximum Gasteiger partial charge on any atom is 0.269 e. The normalized spacial score (nSPS) is 12.3. The molecular weight excluding hydrogens is 520 g/mol. The molecule has 2 amide bonds. The molecule has 10 nitrogen and oxygen atoms in total. The van der Waals surface area contributed by atoms with Crippen LogP contribution in [0.5, 0.6) is 11.5 Å². The minimum Gasteiger partial charge on any atom is -0.493 e. The highest BCUT2D eigenvalue weighted by Gasteiger charge is 2.22. The lowest BCUT2D eigenvalue weighted by Crippen LogP contribution is -2.35. The van der Waals surface area contributed by atoms with Gasteiger partial charge in [0, 0.05) is 29.7 Å². The molecule has 1 aliphatic heterocycles. The molecule has 10 heteroatoms. The number of rotatable bonds is 8. The Balaban J connectivity index is 1.22. The van der Waals surface area contributed by atoms with Gasteiger partial charge in [0.1, 0.15) is 11.4 Å². The van der Waals surface area contributed by atoms with Gasteiger partial charge in [0.25, 0.3) is 11.8 Å². The van der Waals surface area contributed by atoms with E-state index in [1.165, 1.54) is 7.11 Å². The standard InChI is InChI=1S/C31H26N6O4/c1-40-28-18-21(30-32-15-14-24(34-30)25-19-26-31(39)33-16-17-36(26)35-25)12-13-27(28)41-20-29(38)37(22-8-4-2-5-9-22)23-10-6-3-7-11-23/h2-15,18-19H,16-17,20H2,1H3,(H,33,39). The molecule has 0 aliphatic carbocycles. The second-order valence-corrected chi connectivity index (χ2v) is 9.21. The second kappa shape index (κ2) is 11.3. The highest BCUT2D eigenvalue weighted by molar-refractivity contribution is 6.01. The number of anilines is 2. The molecule has 0 unspecified atom stereocenters. The zero-order valence-corrected chi connectivity index (χ0v) is 22.2. The third-order valence-electron chi connectivity index (χ3n) is 6.59. The molecule has 3 aromatic carbocycles. The summed E-state index contributed by atoms with van der Waals surface area (Å²) in [6.07, 6.45) is 1.65. The molecule has 0 spiro atoms. The van der Waals surface area contributed by atoms with Crippen LogP contribution >= 0.6 is 0 Å². The summed E-state index contributed by atoms with van der Waals surface area (Å²) in [5, 5.41) is 7.35. The van der Waals surface area contributed by atoms with Gasteiger partial charge in [-0.15, -0.1) is 0 Å². The van der Waals surface area contributed by atoms with E-state index in [0.29, 0.717) is 53.1 Å². The van der Waals surface area contributed by atoms with Gasteiger partial charge >= 0.3 is 0 Å². The number of para-hydroxylation sites is 2. The van der Waals surface area contributed by atoms with Crippen molar-refractivity contribution in [2.24, 2.45) is 0 Å². The lowest BCUT2D eigenvalue weighted by molar-refractivity contribution is -0.119. The molecule has 0 atom stereocenters. The van der Waals surface area contributed by atoms with Crippen LogP contribution in [0.25, 0.3) is 22.8 Å². The number of amides is 2. The van der Waals surface area contributed by atoms with E-state index in [1.807, 2.05) is 60.7 Å². The number of hydrogen-bond donors (Lipinski definition) is 1. The molecule has 1 aliphatic rings. The van der Waals surface area contributed by atoms with Crippen molar-refractivity contribution in [3.05, 3.63) is 103 Å². The van der Waals surface area contributed by atoms with Crippen molar-refractivity contribution in [1.29, 1.82) is 0 Å². The van der Waals surface area contributed by atoms with E-state index in [-0.39, 0.29) is 18.4 Å². The summed E-state index contributed by atoms with van der Waals surface area (Å²) >= 11 is 0. The lowest BCUT2D eigenvalue weighted by Gasteiger charge is -2.23. The maximum atomic E-state index is 13.4. The Hall–Kier alpha value is -5.51. The fraction of sp³-hybridized carbons (Fsp3) is 0.129. The number of nitrogens with zero attached hydrogens (tertiary/aromatic N) is 5. The first kappa shape index (κ1) is 25.8. The van der Waals surface area contributed by atoms with Gasteiger partial charge in [0.2, 0.25) is 0 Å². The molecule has 6 rings (SSSR count). The summed E-state index contributed by atoms with van der Waals surface area (Å²) in [4.78, 5) is 36.2. The average molecular weight is 547 g/mol. The molecule has 0 saturated carbocycles. The first-order valence-electron chi connectivity index (χ1n) is 13.0. The minimum absolute atomic E-state index is 0.154.